The summed E-state index contributed by atoms with van der Waals surface area (Å²) in [6.07, 6.45) is 1.01. The van der Waals surface area contributed by atoms with Crippen molar-refractivity contribution in [2.75, 3.05) is 32.5 Å². The smallest absolute Gasteiger partial charge is 0.160 e. The summed E-state index contributed by atoms with van der Waals surface area (Å²) in [5, 5.41) is 9.72. The lowest BCUT2D eigenvalue weighted by Gasteiger charge is -2.14. The molecule has 0 aliphatic carbocycles. The molecule has 3 rings (SSSR count). The number of pyridine rings is 1. The zero-order valence-corrected chi connectivity index (χ0v) is 15.2. The van der Waals surface area contributed by atoms with Gasteiger partial charge in [-0.1, -0.05) is 0 Å². The van der Waals surface area contributed by atoms with E-state index < -0.39 is 0 Å². The molecule has 0 aliphatic rings. The van der Waals surface area contributed by atoms with Crippen LogP contribution in [-0.4, -0.2) is 46.8 Å². The number of rotatable bonds is 5. The van der Waals surface area contributed by atoms with Crippen molar-refractivity contribution in [3.63, 3.8) is 0 Å². The molecule has 0 atom stereocenters. The van der Waals surface area contributed by atoms with E-state index >= 15 is 0 Å². The summed E-state index contributed by atoms with van der Waals surface area (Å²) in [6.45, 7) is 3.77. The lowest BCUT2D eigenvalue weighted by atomic mass is 10.1. The molecule has 0 saturated heterocycles. The van der Waals surface area contributed by atoms with Gasteiger partial charge in [-0.15, -0.1) is 12.4 Å². The lowest BCUT2D eigenvalue weighted by Crippen LogP contribution is -2.16. The van der Waals surface area contributed by atoms with Gasteiger partial charge in [-0.05, 0) is 52.2 Å². The fraction of sp³-hybridized carbons (Fsp3) is 0.412. The van der Waals surface area contributed by atoms with E-state index in [2.05, 4.69) is 34.4 Å². The summed E-state index contributed by atoms with van der Waals surface area (Å²) < 4.78 is 15.5. The van der Waals surface area contributed by atoms with E-state index in [0.29, 0.717) is 0 Å². The van der Waals surface area contributed by atoms with Gasteiger partial charge in [0.15, 0.2) is 5.65 Å². The Hall–Kier alpha value is -1.92. The van der Waals surface area contributed by atoms with E-state index in [9.17, 15) is 4.39 Å². The van der Waals surface area contributed by atoms with Gasteiger partial charge in [-0.25, -0.2) is 9.37 Å². The molecule has 0 amide bonds. The Bertz CT molecular complexity index is 859. The number of fused-ring (bicyclic) bond motifs is 2. The minimum absolute atomic E-state index is 0. The molecule has 1 aromatic carbocycles. The van der Waals surface area contributed by atoms with Gasteiger partial charge in [0.1, 0.15) is 5.82 Å². The highest BCUT2D eigenvalue weighted by atomic mass is 35.5. The summed E-state index contributed by atoms with van der Waals surface area (Å²) in [6, 6.07) is 4.71. The first-order valence-electron chi connectivity index (χ1n) is 7.78. The highest BCUT2D eigenvalue weighted by Crippen LogP contribution is 2.33. The minimum atomic E-state index is -0.253. The van der Waals surface area contributed by atoms with E-state index in [1.54, 1.807) is 16.8 Å². The lowest BCUT2D eigenvalue weighted by molar-refractivity contribution is 0.405. The Labute approximate surface area is 147 Å². The topological polar surface area (TPSA) is 46.0 Å². The number of nitrogens with one attached hydrogen (secondary N) is 1. The number of benzene rings is 1. The zero-order chi connectivity index (χ0) is 16.6. The molecule has 0 spiro atoms. The molecule has 0 unspecified atom stereocenters. The van der Waals surface area contributed by atoms with Crippen LogP contribution < -0.4 is 5.32 Å². The second-order valence-electron chi connectivity index (χ2n) is 6.14. The Morgan fingerprint density at radius 2 is 2.04 bits per heavy atom. The monoisotopic (exact) mass is 351 g/mol. The maximum atomic E-state index is 13.7. The van der Waals surface area contributed by atoms with Gasteiger partial charge in [0.05, 0.1) is 22.3 Å². The van der Waals surface area contributed by atoms with Gasteiger partial charge in [-0.2, -0.15) is 5.10 Å². The summed E-state index contributed by atoms with van der Waals surface area (Å²) in [5.41, 5.74) is 3.42. The Kier molecular flexibility index (Phi) is 5.62. The molecule has 0 radical (unpaired) electrons. The molecule has 130 valence electrons. The van der Waals surface area contributed by atoms with Crippen LogP contribution in [0.15, 0.2) is 18.2 Å². The average molecular weight is 352 g/mol. The van der Waals surface area contributed by atoms with Crippen molar-refractivity contribution < 1.29 is 4.39 Å². The number of halogens is 2. The molecule has 3 aromatic rings. The van der Waals surface area contributed by atoms with E-state index in [4.69, 9.17) is 0 Å². The van der Waals surface area contributed by atoms with Crippen molar-refractivity contribution in [1.29, 1.82) is 0 Å². The van der Waals surface area contributed by atoms with Crippen molar-refractivity contribution in [3.05, 3.63) is 29.7 Å². The number of nitrogens with zero attached hydrogens (tertiary/aromatic N) is 4. The first-order chi connectivity index (χ1) is 11.0. The third-order valence-electron chi connectivity index (χ3n) is 3.98. The molecule has 2 aromatic heterocycles. The summed E-state index contributed by atoms with van der Waals surface area (Å²) in [5.74, 6) is -0.253. The second kappa shape index (κ2) is 7.32. The Balaban J connectivity index is 0.00000208. The van der Waals surface area contributed by atoms with E-state index in [0.717, 1.165) is 52.8 Å². The standard InChI is InChI=1S/C17H22FN5.ClH/c1-11-15-16(19-8-5-9-22(2)3)13-10-12(18)6-7-14(13)20-17(15)23(4)21-11;/h6-7,10H,5,8-9H2,1-4H3,(H,19,20);1H. The first kappa shape index (κ1) is 18.4. The van der Waals surface area contributed by atoms with Crippen LogP contribution in [0.2, 0.25) is 0 Å². The fourth-order valence-corrected chi connectivity index (χ4v) is 2.91. The van der Waals surface area contributed by atoms with Gasteiger partial charge < -0.3 is 10.2 Å². The van der Waals surface area contributed by atoms with Crippen molar-refractivity contribution in [3.8, 4) is 0 Å². The van der Waals surface area contributed by atoms with Crippen LogP contribution in [0.25, 0.3) is 21.9 Å². The number of hydrogen-bond donors (Lipinski definition) is 1. The van der Waals surface area contributed by atoms with E-state index in [1.807, 2.05) is 14.0 Å². The predicted molar refractivity (Wildman–Crippen MR) is 99.6 cm³/mol. The van der Waals surface area contributed by atoms with Crippen molar-refractivity contribution in [1.82, 2.24) is 19.7 Å². The molecule has 0 aliphatic heterocycles. The van der Waals surface area contributed by atoms with Crippen molar-refractivity contribution in [2.24, 2.45) is 7.05 Å². The molecule has 0 saturated carbocycles. The maximum Gasteiger partial charge on any atom is 0.160 e. The molecule has 7 heteroatoms. The molecular weight excluding hydrogens is 329 g/mol. The van der Waals surface area contributed by atoms with Crippen LogP contribution >= 0.6 is 12.4 Å². The van der Waals surface area contributed by atoms with Crippen LogP contribution in [0, 0.1) is 12.7 Å². The SMILES string of the molecule is Cc1nn(C)c2nc3ccc(F)cc3c(NCCCN(C)C)c12.Cl. The highest BCUT2D eigenvalue weighted by Gasteiger charge is 2.15. The van der Waals surface area contributed by atoms with E-state index in [1.165, 1.54) is 6.07 Å². The second-order valence-corrected chi connectivity index (χ2v) is 6.14. The maximum absolute atomic E-state index is 13.7. The fourth-order valence-electron chi connectivity index (χ4n) is 2.91. The van der Waals surface area contributed by atoms with Crippen LogP contribution in [-0.2, 0) is 7.05 Å². The number of hydrogen-bond acceptors (Lipinski definition) is 4. The largest absolute Gasteiger partial charge is 0.384 e. The molecule has 24 heavy (non-hydrogen) atoms. The number of aromatic nitrogens is 3. The highest BCUT2D eigenvalue weighted by molar-refractivity contribution is 6.07. The predicted octanol–water partition coefficient (Wildman–Crippen LogP) is 3.35. The van der Waals surface area contributed by atoms with Crippen LogP contribution in [0.4, 0.5) is 10.1 Å². The summed E-state index contributed by atoms with van der Waals surface area (Å²) in [7, 11) is 5.99. The van der Waals surface area contributed by atoms with Crippen LogP contribution in [0.1, 0.15) is 12.1 Å². The third kappa shape index (κ3) is 3.44. The van der Waals surface area contributed by atoms with Crippen LogP contribution in [0.5, 0.6) is 0 Å². The van der Waals surface area contributed by atoms with Crippen molar-refractivity contribution in [2.45, 2.75) is 13.3 Å². The average Bonchev–Trinajstić information content (AvgIpc) is 2.77. The Morgan fingerprint density at radius 1 is 1.29 bits per heavy atom. The first-order valence-corrected chi connectivity index (χ1v) is 7.78. The third-order valence-corrected chi connectivity index (χ3v) is 3.98. The van der Waals surface area contributed by atoms with Gasteiger partial charge in [0.2, 0.25) is 0 Å². The van der Waals surface area contributed by atoms with Crippen molar-refractivity contribution >= 4 is 40.0 Å². The van der Waals surface area contributed by atoms with Gasteiger partial charge >= 0.3 is 0 Å². The summed E-state index contributed by atoms with van der Waals surface area (Å²) in [4.78, 5) is 6.79. The molecule has 5 nitrogen and oxygen atoms in total. The number of anilines is 1. The summed E-state index contributed by atoms with van der Waals surface area (Å²) >= 11 is 0. The Morgan fingerprint density at radius 3 is 2.75 bits per heavy atom. The molecular formula is C17H23ClFN5. The zero-order valence-electron chi connectivity index (χ0n) is 14.4. The van der Waals surface area contributed by atoms with E-state index in [-0.39, 0.29) is 18.2 Å². The van der Waals surface area contributed by atoms with Gasteiger partial charge in [0, 0.05) is 19.0 Å². The van der Waals surface area contributed by atoms with Gasteiger partial charge in [-0.3, -0.25) is 4.68 Å². The molecule has 1 N–H and O–H groups in total. The molecule has 0 fully saturated rings. The molecule has 0 bridgehead atoms. The quantitative estimate of drug-likeness (QED) is 0.716. The number of aryl methyl sites for hydroxylation is 2. The normalized spacial score (nSPS) is 11.2. The minimum Gasteiger partial charge on any atom is -0.384 e. The van der Waals surface area contributed by atoms with Crippen LogP contribution in [0.3, 0.4) is 0 Å². The van der Waals surface area contributed by atoms with Gasteiger partial charge in [0.25, 0.3) is 0 Å². The molecule has 2 heterocycles.